The van der Waals surface area contributed by atoms with E-state index in [1.54, 1.807) is 32.9 Å². The van der Waals surface area contributed by atoms with E-state index >= 15 is 0 Å². The number of benzene rings is 1. The van der Waals surface area contributed by atoms with Crippen LogP contribution in [0.15, 0.2) is 43.0 Å². The van der Waals surface area contributed by atoms with E-state index in [1.165, 1.54) is 13.2 Å². The summed E-state index contributed by atoms with van der Waals surface area (Å²) in [6.45, 7) is 9.23. The monoisotopic (exact) mass is 317 g/mol. The molecule has 124 valence electrons. The quantitative estimate of drug-likeness (QED) is 0.513. The van der Waals surface area contributed by atoms with Crippen molar-refractivity contribution >= 4 is 17.6 Å². The van der Waals surface area contributed by atoms with E-state index in [2.05, 4.69) is 11.9 Å². The first-order chi connectivity index (χ1) is 10.8. The Labute approximate surface area is 137 Å². The van der Waals surface area contributed by atoms with Gasteiger partial charge in [-0.3, -0.25) is 0 Å². The summed E-state index contributed by atoms with van der Waals surface area (Å²) in [7, 11) is 1.32. The molecule has 5 nitrogen and oxygen atoms in total. The van der Waals surface area contributed by atoms with Crippen LogP contribution in [0.1, 0.15) is 31.9 Å². The molecule has 0 saturated carbocycles. The van der Waals surface area contributed by atoms with Crippen molar-refractivity contribution in [1.82, 2.24) is 5.32 Å². The Kier molecular flexibility index (Phi) is 6.57. The fraction of sp³-hybridized carbons (Fsp3) is 0.333. The van der Waals surface area contributed by atoms with Crippen LogP contribution in [0.2, 0.25) is 0 Å². The highest BCUT2D eigenvalue weighted by molar-refractivity contribution is 6.17. The summed E-state index contributed by atoms with van der Waals surface area (Å²) in [5.74, 6) is -0.463. The summed E-state index contributed by atoms with van der Waals surface area (Å²) in [5, 5.41) is 2.68. The largest absolute Gasteiger partial charge is 0.465 e. The predicted octanol–water partition coefficient (Wildman–Crippen LogP) is 3.45. The van der Waals surface area contributed by atoms with Crippen molar-refractivity contribution in [3.63, 3.8) is 0 Å². The lowest BCUT2D eigenvalue weighted by atomic mass is 9.99. The molecule has 0 heterocycles. The maximum atomic E-state index is 11.9. The number of carbonyl (C=O) groups excluding carboxylic acids is 2. The zero-order valence-electron chi connectivity index (χ0n) is 14.0. The van der Waals surface area contributed by atoms with Crippen molar-refractivity contribution in [2.45, 2.75) is 32.9 Å². The molecule has 5 heteroatoms. The third kappa shape index (κ3) is 5.98. The van der Waals surface area contributed by atoms with Crippen LogP contribution in [0.4, 0.5) is 4.79 Å². The second-order valence-electron chi connectivity index (χ2n) is 5.82. The summed E-state index contributed by atoms with van der Waals surface area (Å²) < 4.78 is 10.0. The Bertz CT molecular complexity index is 612. The summed E-state index contributed by atoms with van der Waals surface area (Å²) in [4.78, 5) is 23.7. The highest BCUT2D eigenvalue weighted by atomic mass is 16.6. The van der Waals surface area contributed by atoms with Crippen LogP contribution in [-0.4, -0.2) is 24.8 Å². The number of alkyl carbamates (subject to hydrolysis) is 1. The number of rotatable bonds is 5. The first-order valence-corrected chi connectivity index (χ1v) is 7.24. The summed E-state index contributed by atoms with van der Waals surface area (Å²) in [6, 6.07) is 7.26. The minimum atomic E-state index is -0.566. The SMILES string of the molecule is C=CC=C(C(=O)OC)c1ccccc1CNC(=O)OC(C)(C)C. The predicted molar refractivity (Wildman–Crippen MR) is 89.7 cm³/mol. The highest BCUT2D eigenvalue weighted by Gasteiger charge is 2.18. The van der Waals surface area contributed by atoms with Gasteiger partial charge in [0.1, 0.15) is 5.60 Å². The molecule has 1 amide bonds. The maximum Gasteiger partial charge on any atom is 0.407 e. The molecule has 0 saturated heterocycles. The van der Waals surface area contributed by atoms with Crippen LogP contribution in [0.25, 0.3) is 5.57 Å². The van der Waals surface area contributed by atoms with Gasteiger partial charge in [-0.1, -0.05) is 36.9 Å². The van der Waals surface area contributed by atoms with Gasteiger partial charge >= 0.3 is 12.1 Å². The molecular weight excluding hydrogens is 294 g/mol. The Hall–Kier alpha value is -2.56. The van der Waals surface area contributed by atoms with Crippen molar-refractivity contribution in [2.75, 3.05) is 7.11 Å². The van der Waals surface area contributed by atoms with Gasteiger partial charge in [-0.15, -0.1) is 0 Å². The van der Waals surface area contributed by atoms with Crippen LogP contribution in [0.5, 0.6) is 0 Å². The molecular formula is C18H23NO4. The smallest absolute Gasteiger partial charge is 0.407 e. The molecule has 0 aliphatic carbocycles. The van der Waals surface area contributed by atoms with Crippen LogP contribution in [0.3, 0.4) is 0 Å². The molecule has 1 aromatic carbocycles. The van der Waals surface area contributed by atoms with Crippen LogP contribution >= 0.6 is 0 Å². The van der Waals surface area contributed by atoms with E-state index in [9.17, 15) is 9.59 Å². The lowest BCUT2D eigenvalue weighted by Crippen LogP contribution is -2.32. The Morgan fingerprint density at radius 1 is 1.26 bits per heavy atom. The Balaban J connectivity index is 2.97. The molecule has 1 rings (SSSR count). The minimum absolute atomic E-state index is 0.233. The molecule has 0 atom stereocenters. The van der Waals surface area contributed by atoms with Crippen molar-refractivity contribution in [3.05, 3.63) is 54.1 Å². The second-order valence-corrected chi connectivity index (χ2v) is 5.82. The van der Waals surface area contributed by atoms with Gasteiger partial charge in [0.05, 0.1) is 12.7 Å². The van der Waals surface area contributed by atoms with Crippen molar-refractivity contribution in [1.29, 1.82) is 0 Å². The van der Waals surface area contributed by atoms with Crippen LogP contribution in [0, 0.1) is 0 Å². The van der Waals surface area contributed by atoms with E-state index in [4.69, 9.17) is 9.47 Å². The number of methoxy groups -OCH3 is 1. The number of amides is 1. The fourth-order valence-electron chi connectivity index (χ4n) is 1.91. The molecule has 1 N–H and O–H groups in total. The average molecular weight is 317 g/mol. The molecule has 0 aliphatic heterocycles. The van der Waals surface area contributed by atoms with E-state index in [1.807, 2.05) is 18.2 Å². The number of allylic oxidation sites excluding steroid dienone is 2. The van der Waals surface area contributed by atoms with E-state index in [-0.39, 0.29) is 6.54 Å². The molecule has 0 aromatic heterocycles. The lowest BCUT2D eigenvalue weighted by Gasteiger charge is -2.20. The number of ether oxygens (including phenoxy) is 2. The van der Waals surface area contributed by atoms with Crippen molar-refractivity contribution in [2.24, 2.45) is 0 Å². The van der Waals surface area contributed by atoms with E-state index in [0.717, 1.165) is 5.56 Å². The first-order valence-electron chi connectivity index (χ1n) is 7.24. The van der Waals surface area contributed by atoms with Crippen LogP contribution in [-0.2, 0) is 20.8 Å². The first kappa shape index (κ1) is 18.5. The molecule has 0 fully saturated rings. The van der Waals surface area contributed by atoms with Gasteiger partial charge in [-0.2, -0.15) is 0 Å². The van der Waals surface area contributed by atoms with E-state index < -0.39 is 17.7 Å². The topological polar surface area (TPSA) is 64.6 Å². The van der Waals surface area contributed by atoms with Gasteiger partial charge < -0.3 is 14.8 Å². The van der Waals surface area contributed by atoms with E-state index in [0.29, 0.717) is 11.1 Å². The van der Waals surface area contributed by atoms with Gasteiger partial charge in [0.2, 0.25) is 0 Å². The standard InChI is InChI=1S/C18H23NO4/c1-6-9-15(16(20)22-5)14-11-8-7-10-13(14)12-19-17(21)23-18(2,3)4/h6-11H,1,12H2,2-5H3,(H,19,21). The second kappa shape index (κ2) is 8.17. The third-order valence-electron chi connectivity index (χ3n) is 2.82. The van der Waals surface area contributed by atoms with Gasteiger partial charge in [0.25, 0.3) is 0 Å². The number of esters is 1. The number of nitrogens with one attached hydrogen (secondary N) is 1. The number of hydrogen-bond acceptors (Lipinski definition) is 4. The molecule has 0 radical (unpaired) electrons. The molecule has 23 heavy (non-hydrogen) atoms. The lowest BCUT2D eigenvalue weighted by molar-refractivity contribution is -0.133. The number of carbonyl (C=O) groups is 2. The van der Waals surface area contributed by atoms with Crippen LogP contribution < -0.4 is 5.32 Å². The third-order valence-corrected chi connectivity index (χ3v) is 2.82. The fourth-order valence-corrected chi connectivity index (χ4v) is 1.91. The Morgan fingerprint density at radius 3 is 2.48 bits per heavy atom. The minimum Gasteiger partial charge on any atom is -0.465 e. The Morgan fingerprint density at radius 2 is 1.91 bits per heavy atom. The molecule has 0 spiro atoms. The molecule has 0 aliphatic rings. The van der Waals surface area contributed by atoms with Crippen molar-refractivity contribution in [3.8, 4) is 0 Å². The molecule has 1 aromatic rings. The van der Waals surface area contributed by atoms with Gasteiger partial charge in [-0.05, 0) is 38.0 Å². The normalized spacial score (nSPS) is 11.6. The molecule has 0 bridgehead atoms. The zero-order valence-corrected chi connectivity index (χ0v) is 14.0. The van der Waals surface area contributed by atoms with Gasteiger partial charge in [-0.25, -0.2) is 9.59 Å². The van der Waals surface area contributed by atoms with Gasteiger partial charge in [0.15, 0.2) is 0 Å². The highest BCUT2D eigenvalue weighted by Crippen LogP contribution is 2.21. The summed E-state index contributed by atoms with van der Waals surface area (Å²) in [5.41, 5.74) is 1.26. The van der Waals surface area contributed by atoms with Crippen molar-refractivity contribution < 1.29 is 19.1 Å². The van der Waals surface area contributed by atoms with Gasteiger partial charge in [0, 0.05) is 6.54 Å². The zero-order chi connectivity index (χ0) is 17.5. The number of hydrogen-bond donors (Lipinski definition) is 1. The summed E-state index contributed by atoms with van der Waals surface area (Å²) in [6.07, 6.45) is 2.59. The average Bonchev–Trinajstić information content (AvgIpc) is 2.48. The maximum absolute atomic E-state index is 11.9. The summed E-state index contributed by atoms with van der Waals surface area (Å²) >= 11 is 0. The molecule has 0 unspecified atom stereocenters.